The average Bonchev–Trinajstić information content (AvgIpc) is 2.51. The van der Waals surface area contributed by atoms with Gasteiger partial charge in [0.25, 0.3) is 0 Å². The Morgan fingerprint density at radius 3 is 2.35 bits per heavy atom. The van der Waals surface area contributed by atoms with Gasteiger partial charge < -0.3 is 20.3 Å². The van der Waals surface area contributed by atoms with Gasteiger partial charge in [0.05, 0.1) is 0 Å². The summed E-state index contributed by atoms with van der Waals surface area (Å²) in [5.74, 6) is 2.62. The van der Waals surface area contributed by atoms with E-state index < -0.39 is 0 Å². The molecule has 1 rings (SSSR count). The third-order valence-corrected chi connectivity index (χ3v) is 4.32. The molecule has 0 radical (unpaired) electrons. The zero-order valence-electron chi connectivity index (χ0n) is 15.7. The molecular weight excluding hydrogens is 288 g/mol. The number of nitrogens with zero attached hydrogens (tertiary/aromatic N) is 2. The molecule has 5 nitrogen and oxygen atoms in total. The molecule has 0 aromatic carbocycles. The van der Waals surface area contributed by atoms with Crippen LogP contribution in [0.1, 0.15) is 46.5 Å². The van der Waals surface area contributed by atoms with Gasteiger partial charge in [-0.15, -0.1) is 0 Å². The first-order valence-electron chi connectivity index (χ1n) is 9.40. The molecule has 0 amide bonds. The van der Waals surface area contributed by atoms with E-state index in [2.05, 4.69) is 34.4 Å². The molecule has 0 spiro atoms. The van der Waals surface area contributed by atoms with Crippen molar-refractivity contribution in [1.82, 2.24) is 15.5 Å². The number of nitrogens with one attached hydrogen (secondary N) is 2. The zero-order valence-corrected chi connectivity index (χ0v) is 15.7. The molecule has 5 heteroatoms. The van der Waals surface area contributed by atoms with E-state index >= 15 is 0 Å². The molecule has 0 aliphatic carbocycles. The molecule has 1 saturated heterocycles. The average molecular weight is 327 g/mol. The van der Waals surface area contributed by atoms with Crippen LogP contribution in [0, 0.1) is 11.8 Å². The number of guanidine groups is 1. The molecule has 0 bridgehead atoms. The third kappa shape index (κ3) is 9.82. The van der Waals surface area contributed by atoms with E-state index in [1.807, 2.05) is 14.0 Å². The van der Waals surface area contributed by atoms with Crippen LogP contribution >= 0.6 is 0 Å². The normalized spacial score (nSPS) is 23.0. The van der Waals surface area contributed by atoms with Gasteiger partial charge in [0, 0.05) is 46.4 Å². The number of hydrogen-bond donors (Lipinski definition) is 2. The van der Waals surface area contributed by atoms with Crippen molar-refractivity contribution in [2.24, 2.45) is 16.8 Å². The lowest BCUT2D eigenvalue weighted by Gasteiger charge is -2.34. The highest BCUT2D eigenvalue weighted by atomic mass is 16.5. The summed E-state index contributed by atoms with van der Waals surface area (Å²) in [4.78, 5) is 6.89. The highest BCUT2D eigenvalue weighted by Crippen LogP contribution is 2.20. The number of piperidine rings is 1. The Hall–Kier alpha value is -0.810. The second-order valence-electron chi connectivity index (χ2n) is 6.89. The second-order valence-corrected chi connectivity index (χ2v) is 6.89. The number of hydrogen-bond acceptors (Lipinski definition) is 3. The maximum absolute atomic E-state index is 5.33. The van der Waals surface area contributed by atoms with Crippen molar-refractivity contribution < 1.29 is 4.74 Å². The molecule has 2 unspecified atom stereocenters. The van der Waals surface area contributed by atoms with Gasteiger partial charge in [-0.25, -0.2) is 0 Å². The summed E-state index contributed by atoms with van der Waals surface area (Å²) in [6, 6.07) is 0. The molecule has 136 valence electrons. The van der Waals surface area contributed by atoms with E-state index in [4.69, 9.17) is 4.74 Å². The molecule has 2 atom stereocenters. The highest BCUT2D eigenvalue weighted by Gasteiger charge is 2.20. The van der Waals surface area contributed by atoms with Gasteiger partial charge in [0.2, 0.25) is 0 Å². The molecule has 1 fully saturated rings. The van der Waals surface area contributed by atoms with Crippen LogP contribution in [0.2, 0.25) is 0 Å². The molecule has 0 saturated carbocycles. The van der Waals surface area contributed by atoms with Crippen molar-refractivity contribution in [3.63, 3.8) is 0 Å². The SMILES string of the molecule is CCOCCCNC(=NC)NCCCCN1CC(C)CC(C)C1. The van der Waals surface area contributed by atoms with Crippen molar-refractivity contribution in [2.45, 2.75) is 46.5 Å². The third-order valence-electron chi connectivity index (χ3n) is 4.32. The molecular formula is C18H38N4O. The standard InChI is InChI=1S/C18H38N4O/c1-5-23-12-8-10-21-18(19-4)20-9-6-7-11-22-14-16(2)13-17(3)15-22/h16-17H,5-15H2,1-4H3,(H2,19,20,21). The maximum atomic E-state index is 5.33. The minimum absolute atomic E-state index is 0.793. The van der Waals surface area contributed by atoms with Gasteiger partial charge in [-0.05, 0) is 51.0 Å². The van der Waals surface area contributed by atoms with Crippen LogP contribution in [-0.4, -0.2) is 63.8 Å². The second kappa shape index (κ2) is 12.6. The van der Waals surface area contributed by atoms with Crippen LogP contribution in [0.3, 0.4) is 0 Å². The van der Waals surface area contributed by atoms with Crippen LogP contribution in [0.25, 0.3) is 0 Å². The van der Waals surface area contributed by atoms with Crippen molar-refractivity contribution >= 4 is 5.96 Å². The zero-order chi connectivity index (χ0) is 16.9. The molecule has 23 heavy (non-hydrogen) atoms. The van der Waals surface area contributed by atoms with E-state index in [0.717, 1.165) is 50.5 Å². The number of likely N-dealkylation sites (tertiary alicyclic amines) is 1. The summed E-state index contributed by atoms with van der Waals surface area (Å²) >= 11 is 0. The lowest BCUT2D eigenvalue weighted by molar-refractivity contribution is 0.139. The minimum Gasteiger partial charge on any atom is -0.382 e. The summed E-state index contributed by atoms with van der Waals surface area (Å²) in [6.45, 7) is 14.1. The quantitative estimate of drug-likeness (QED) is 0.367. The fourth-order valence-electron chi connectivity index (χ4n) is 3.39. The van der Waals surface area contributed by atoms with Crippen molar-refractivity contribution in [3.05, 3.63) is 0 Å². The predicted molar refractivity (Wildman–Crippen MR) is 99.1 cm³/mol. The summed E-state index contributed by atoms with van der Waals surface area (Å²) in [5, 5.41) is 6.72. The Morgan fingerprint density at radius 1 is 1.09 bits per heavy atom. The van der Waals surface area contributed by atoms with Gasteiger partial charge in [-0.1, -0.05) is 13.8 Å². The molecule has 1 aliphatic rings. The number of unbranched alkanes of at least 4 members (excludes halogenated alkanes) is 1. The lowest BCUT2D eigenvalue weighted by atomic mass is 9.92. The van der Waals surface area contributed by atoms with Gasteiger partial charge in [0.1, 0.15) is 0 Å². The van der Waals surface area contributed by atoms with Gasteiger partial charge in [-0.3, -0.25) is 4.99 Å². The fraction of sp³-hybridized carbons (Fsp3) is 0.944. The molecule has 1 heterocycles. The Labute approximate surface area is 143 Å². The monoisotopic (exact) mass is 326 g/mol. The van der Waals surface area contributed by atoms with E-state index in [9.17, 15) is 0 Å². The number of aliphatic imine (C=N–C) groups is 1. The Balaban J connectivity index is 2.02. The van der Waals surface area contributed by atoms with Crippen LogP contribution < -0.4 is 10.6 Å². The van der Waals surface area contributed by atoms with E-state index in [1.54, 1.807) is 0 Å². The minimum atomic E-state index is 0.793. The highest BCUT2D eigenvalue weighted by molar-refractivity contribution is 5.79. The van der Waals surface area contributed by atoms with Crippen molar-refractivity contribution in [2.75, 3.05) is 53.0 Å². The van der Waals surface area contributed by atoms with Crippen molar-refractivity contribution in [1.29, 1.82) is 0 Å². The predicted octanol–water partition coefficient (Wildman–Crippen LogP) is 2.34. The van der Waals surface area contributed by atoms with E-state index in [-0.39, 0.29) is 0 Å². The fourth-order valence-corrected chi connectivity index (χ4v) is 3.39. The first-order valence-corrected chi connectivity index (χ1v) is 9.40. The first kappa shape index (κ1) is 20.2. The Kier molecular flexibility index (Phi) is 11.1. The molecule has 0 aromatic heterocycles. The maximum Gasteiger partial charge on any atom is 0.190 e. The molecule has 2 N–H and O–H groups in total. The van der Waals surface area contributed by atoms with Crippen LogP contribution in [-0.2, 0) is 4.74 Å². The summed E-state index contributed by atoms with van der Waals surface area (Å²) in [7, 11) is 1.83. The topological polar surface area (TPSA) is 48.9 Å². The van der Waals surface area contributed by atoms with Gasteiger partial charge in [0.15, 0.2) is 5.96 Å². The summed E-state index contributed by atoms with van der Waals surface area (Å²) in [6.07, 6.45) is 4.86. The van der Waals surface area contributed by atoms with Crippen LogP contribution in [0.15, 0.2) is 4.99 Å². The smallest absolute Gasteiger partial charge is 0.190 e. The van der Waals surface area contributed by atoms with Gasteiger partial charge >= 0.3 is 0 Å². The van der Waals surface area contributed by atoms with E-state index in [1.165, 1.54) is 38.9 Å². The Morgan fingerprint density at radius 2 is 1.74 bits per heavy atom. The summed E-state index contributed by atoms with van der Waals surface area (Å²) in [5.41, 5.74) is 0. The molecule has 1 aliphatic heterocycles. The summed E-state index contributed by atoms with van der Waals surface area (Å²) < 4.78 is 5.33. The van der Waals surface area contributed by atoms with Gasteiger partial charge in [-0.2, -0.15) is 0 Å². The van der Waals surface area contributed by atoms with E-state index in [0.29, 0.717) is 0 Å². The van der Waals surface area contributed by atoms with Crippen LogP contribution in [0.4, 0.5) is 0 Å². The molecule has 0 aromatic rings. The van der Waals surface area contributed by atoms with Crippen molar-refractivity contribution in [3.8, 4) is 0 Å². The largest absolute Gasteiger partial charge is 0.382 e. The van der Waals surface area contributed by atoms with Crippen LogP contribution in [0.5, 0.6) is 0 Å². The number of rotatable bonds is 10. The number of ether oxygens (including phenoxy) is 1. The Bertz CT molecular complexity index is 312. The lowest BCUT2D eigenvalue weighted by Crippen LogP contribution is -2.40. The first-order chi connectivity index (χ1) is 11.2.